The zero-order valence-corrected chi connectivity index (χ0v) is 21.3. The van der Waals surface area contributed by atoms with Gasteiger partial charge >= 0.3 is 0 Å². The molecular weight excluding hydrogens is 504 g/mol. The largest absolute Gasteiger partial charge is 0.377 e. The number of fused-ring (bicyclic) bond motifs is 1. The van der Waals surface area contributed by atoms with Crippen LogP contribution in [0.4, 0.5) is 5.69 Å². The van der Waals surface area contributed by atoms with Gasteiger partial charge in [-0.15, -0.1) is 10.2 Å². The first-order valence-electron chi connectivity index (χ1n) is 11.6. The summed E-state index contributed by atoms with van der Waals surface area (Å²) in [5, 5.41) is 19.9. The Morgan fingerprint density at radius 3 is 2.59 bits per heavy atom. The van der Waals surface area contributed by atoms with Crippen LogP contribution in [0.3, 0.4) is 0 Å². The summed E-state index contributed by atoms with van der Waals surface area (Å²) in [5.74, 6) is 0.622. The maximum atomic E-state index is 12.4. The number of carbonyl (C=O) groups is 1. The molecule has 0 aliphatic carbocycles. The maximum Gasteiger partial charge on any atom is 0.250 e. The van der Waals surface area contributed by atoms with Gasteiger partial charge in [0.15, 0.2) is 11.0 Å². The van der Waals surface area contributed by atoms with Gasteiger partial charge in [0.05, 0.1) is 18.5 Å². The van der Waals surface area contributed by atoms with Gasteiger partial charge in [-0.3, -0.25) is 9.36 Å². The Hall–Kier alpha value is -4.14. The molecule has 0 bridgehead atoms. The number of nitrogens with one attached hydrogen (secondary N) is 2. The van der Waals surface area contributed by atoms with Gasteiger partial charge < -0.3 is 5.32 Å². The average Bonchev–Trinajstić information content (AvgIpc) is 3.34. The van der Waals surface area contributed by atoms with Gasteiger partial charge in [-0.25, -0.2) is 5.43 Å². The molecule has 5 aromatic rings. The molecular formula is C28H23ClN6OS. The van der Waals surface area contributed by atoms with E-state index in [1.807, 2.05) is 65.2 Å². The third-order valence-electron chi connectivity index (χ3n) is 5.53. The number of hydrogen-bond acceptors (Lipinski definition) is 6. The lowest BCUT2D eigenvalue weighted by Crippen LogP contribution is -2.20. The quantitative estimate of drug-likeness (QED) is 0.141. The van der Waals surface area contributed by atoms with Crippen molar-refractivity contribution in [1.29, 1.82) is 0 Å². The average molecular weight is 527 g/mol. The monoisotopic (exact) mass is 526 g/mol. The van der Waals surface area contributed by atoms with Crippen LogP contribution in [0.2, 0.25) is 5.02 Å². The molecule has 0 aliphatic heterocycles. The second-order valence-corrected chi connectivity index (χ2v) is 9.47. The third-order valence-corrected chi connectivity index (χ3v) is 6.69. The highest BCUT2D eigenvalue weighted by atomic mass is 35.5. The van der Waals surface area contributed by atoms with E-state index in [-0.39, 0.29) is 11.7 Å². The number of benzene rings is 4. The van der Waals surface area contributed by atoms with Crippen LogP contribution in [0.5, 0.6) is 0 Å². The van der Waals surface area contributed by atoms with Crippen molar-refractivity contribution >= 4 is 51.9 Å². The fourth-order valence-electron chi connectivity index (χ4n) is 3.83. The number of carbonyl (C=O) groups excluding carboxylic acids is 1. The van der Waals surface area contributed by atoms with Gasteiger partial charge in [0.2, 0.25) is 0 Å². The van der Waals surface area contributed by atoms with Gasteiger partial charge in [0.1, 0.15) is 0 Å². The van der Waals surface area contributed by atoms with Crippen molar-refractivity contribution in [2.75, 3.05) is 11.1 Å². The van der Waals surface area contributed by atoms with Crippen molar-refractivity contribution < 1.29 is 4.79 Å². The normalized spacial score (nSPS) is 11.2. The molecule has 1 amide bonds. The van der Waals surface area contributed by atoms with E-state index >= 15 is 0 Å². The highest BCUT2D eigenvalue weighted by Crippen LogP contribution is 2.25. The van der Waals surface area contributed by atoms with E-state index in [1.54, 1.807) is 18.3 Å². The molecule has 9 heteroatoms. The molecule has 7 nitrogen and oxygen atoms in total. The van der Waals surface area contributed by atoms with Gasteiger partial charge in [-0.2, -0.15) is 5.10 Å². The first kappa shape index (κ1) is 24.5. The Bertz CT molecular complexity index is 1550. The molecule has 0 spiro atoms. The fraction of sp³-hybridized carbons (Fsp3) is 0.0714. The van der Waals surface area contributed by atoms with E-state index in [4.69, 9.17) is 11.6 Å². The van der Waals surface area contributed by atoms with E-state index in [1.165, 1.54) is 11.8 Å². The van der Waals surface area contributed by atoms with Crippen LogP contribution in [-0.4, -0.2) is 32.6 Å². The highest BCUT2D eigenvalue weighted by molar-refractivity contribution is 7.99. The molecule has 5 rings (SSSR count). The van der Waals surface area contributed by atoms with Crippen LogP contribution < -0.4 is 10.7 Å². The summed E-state index contributed by atoms with van der Waals surface area (Å²) < 4.78 is 1.96. The molecule has 4 aromatic carbocycles. The molecule has 0 aliphatic rings. The molecule has 1 aromatic heterocycles. The summed E-state index contributed by atoms with van der Waals surface area (Å²) in [5.41, 5.74) is 5.29. The summed E-state index contributed by atoms with van der Waals surface area (Å²) in [4.78, 5) is 12.4. The lowest BCUT2D eigenvalue weighted by atomic mass is 10.1. The first-order chi connectivity index (χ1) is 18.2. The second-order valence-electron chi connectivity index (χ2n) is 8.09. The van der Waals surface area contributed by atoms with Crippen molar-refractivity contribution in [1.82, 2.24) is 20.2 Å². The summed E-state index contributed by atoms with van der Waals surface area (Å²) in [7, 11) is 0. The summed E-state index contributed by atoms with van der Waals surface area (Å²) in [6.45, 7) is 0.465. The Morgan fingerprint density at radius 2 is 1.73 bits per heavy atom. The molecule has 0 fully saturated rings. The first-order valence-corrected chi connectivity index (χ1v) is 13.0. The van der Waals surface area contributed by atoms with E-state index in [2.05, 4.69) is 50.3 Å². The Kier molecular flexibility index (Phi) is 7.78. The van der Waals surface area contributed by atoms with Crippen LogP contribution in [0.25, 0.3) is 16.5 Å². The summed E-state index contributed by atoms with van der Waals surface area (Å²) in [6.07, 6.45) is 1.55. The number of nitrogens with zero attached hydrogens (tertiary/aromatic N) is 4. The molecule has 37 heavy (non-hydrogen) atoms. The van der Waals surface area contributed by atoms with E-state index in [0.717, 1.165) is 33.5 Å². The van der Waals surface area contributed by atoms with Crippen molar-refractivity contribution in [3.63, 3.8) is 0 Å². The molecule has 2 N–H and O–H groups in total. The molecule has 0 saturated heterocycles. The predicted octanol–water partition coefficient (Wildman–Crippen LogP) is 5.93. The standard InChI is InChI=1S/C28H23ClN6OS/c29-22-11-6-8-20(16-22)17-31-33-27(36)19-37-28-34-32-26(35(28)23-12-2-1-3-13-23)18-30-25-15-7-10-21-9-4-5-14-24(21)25/h1-17,30H,18-19H2,(H,33,36)/b31-17-. The zero-order valence-electron chi connectivity index (χ0n) is 19.7. The zero-order chi connectivity index (χ0) is 25.5. The molecule has 0 saturated carbocycles. The fourth-order valence-corrected chi connectivity index (χ4v) is 4.79. The van der Waals surface area contributed by atoms with Crippen molar-refractivity contribution in [2.45, 2.75) is 11.7 Å². The van der Waals surface area contributed by atoms with Crippen LogP contribution in [0, 0.1) is 0 Å². The Labute approximate surface area is 223 Å². The minimum atomic E-state index is -0.249. The van der Waals surface area contributed by atoms with Gasteiger partial charge in [0, 0.05) is 21.8 Å². The summed E-state index contributed by atoms with van der Waals surface area (Å²) in [6, 6.07) is 31.5. The van der Waals surface area contributed by atoms with Crippen LogP contribution in [0.1, 0.15) is 11.4 Å². The Morgan fingerprint density at radius 1 is 0.946 bits per heavy atom. The van der Waals surface area contributed by atoms with Crippen LogP contribution >= 0.6 is 23.4 Å². The molecule has 0 atom stereocenters. The molecule has 0 unspecified atom stereocenters. The predicted molar refractivity (Wildman–Crippen MR) is 151 cm³/mol. The highest BCUT2D eigenvalue weighted by Gasteiger charge is 2.16. The molecule has 184 valence electrons. The minimum Gasteiger partial charge on any atom is -0.377 e. The summed E-state index contributed by atoms with van der Waals surface area (Å²) >= 11 is 7.28. The van der Waals surface area contributed by atoms with Crippen molar-refractivity contribution in [2.24, 2.45) is 5.10 Å². The van der Waals surface area contributed by atoms with E-state index in [9.17, 15) is 4.79 Å². The van der Waals surface area contributed by atoms with Crippen molar-refractivity contribution in [3.05, 3.63) is 113 Å². The number of amides is 1. The lowest BCUT2D eigenvalue weighted by molar-refractivity contribution is -0.118. The molecule has 1 heterocycles. The van der Waals surface area contributed by atoms with E-state index < -0.39 is 0 Å². The number of aromatic nitrogens is 3. The number of rotatable bonds is 9. The number of hydrogen-bond donors (Lipinski definition) is 2. The van der Waals surface area contributed by atoms with Gasteiger partial charge in [-0.1, -0.05) is 90.1 Å². The number of halogens is 1. The van der Waals surface area contributed by atoms with Crippen LogP contribution in [0.15, 0.2) is 107 Å². The number of para-hydroxylation sites is 1. The second kappa shape index (κ2) is 11.7. The number of hydrazone groups is 1. The molecule has 0 radical (unpaired) electrons. The smallest absolute Gasteiger partial charge is 0.250 e. The topological polar surface area (TPSA) is 84.2 Å². The number of anilines is 1. The van der Waals surface area contributed by atoms with Crippen LogP contribution in [-0.2, 0) is 11.3 Å². The minimum absolute atomic E-state index is 0.134. The number of thioether (sulfide) groups is 1. The van der Waals surface area contributed by atoms with Crippen molar-refractivity contribution in [3.8, 4) is 5.69 Å². The lowest BCUT2D eigenvalue weighted by Gasteiger charge is -2.12. The third kappa shape index (κ3) is 6.17. The van der Waals surface area contributed by atoms with Gasteiger partial charge in [0.25, 0.3) is 5.91 Å². The Balaban J connectivity index is 1.29. The maximum absolute atomic E-state index is 12.4. The van der Waals surface area contributed by atoms with Gasteiger partial charge in [-0.05, 0) is 41.3 Å². The van der Waals surface area contributed by atoms with E-state index in [0.29, 0.717) is 16.7 Å². The SMILES string of the molecule is O=C(CSc1nnc(CNc2cccc3ccccc23)n1-c1ccccc1)N/N=C\c1cccc(Cl)c1.